The zero-order chi connectivity index (χ0) is 14.7. The van der Waals surface area contributed by atoms with E-state index in [1.54, 1.807) is 0 Å². The zero-order valence-electron chi connectivity index (χ0n) is 10.4. The number of non-ortho nitro benzene ring substituents is 1. The van der Waals surface area contributed by atoms with Gasteiger partial charge in [0.05, 0.1) is 16.2 Å². The molecule has 1 aromatic rings. The topological polar surface area (TPSA) is 119 Å². The van der Waals surface area contributed by atoms with Crippen molar-refractivity contribution in [3.63, 3.8) is 0 Å². The van der Waals surface area contributed by atoms with Crippen molar-refractivity contribution in [3.8, 4) is 0 Å². The first-order valence-electron chi connectivity index (χ1n) is 5.93. The Morgan fingerprint density at radius 2 is 2.20 bits per heavy atom. The van der Waals surface area contributed by atoms with Gasteiger partial charge >= 0.3 is 5.97 Å². The van der Waals surface area contributed by atoms with Crippen LogP contribution in [0.4, 0.5) is 11.4 Å². The third kappa shape index (κ3) is 2.91. The second-order valence-corrected chi connectivity index (χ2v) is 4.28. The second-order valence-electron chi connectivity index (χ2n) is 4.28. The lowest BCUT2D eigenvalue weighted by Crippen LogP contribution is -2.27. The maximum Gasteiger partial charge on any atom is 0.337 e. The number of carbonyl (C=O) groups is 2. The minimum Gasteiger partial charge on any atom is -0.478 e. The predicted octanol–water partition coefficient (Wildman–Crippen LogP) is 1.41. The molecule has 20 heavy (non-hydrogen) atoms. The lowest BCUT2D eigenvalue weighted by atomic mass is 10.1. The summed E-state index contributed by atoms with van der Waals surface area (Å²) in [4.78, 5) is 33.0. The van der Waals surface area contributed by atoms with Crippen molar-refractivity contribution in [2.45, 2.75) is 18.9 Å². The van der Waals surface area contributed by atoms with E-state index in [0.717, 1.165) is 24.6 Å². The van der Waals surface area contributed by atoms with E-state index in [4.69, 9.17) is 9.84 Å². The number of ether oxygens (including phenoxy) is 1. The number of nitrogens with zero attached hydrogens (tertiary/aromatic N) is 1. The maximum atomic E-state index is 11.9. The van der Waals surface area contributed by atoms with E-state index < -0.39 is 22.9 Å². The Morgan fingerprint density at radius 1 is 1.45 bits per heavy atom. The summed E-state index contributed by atoms with van der Waals surface area (Å²) in [6.07, 6.45) is 0.651. The molecule has 0 spiro atoms. The average molecular weight is 280 g/mol. The number of carboxylic acids is 1. The molecular formula is C12H12N2O6. The Hall–Kier alpha value is -2.48. The standard InChI is InChI=1S/C12H12N2O6/c15-11(10-2-1-5-20-10)13-9-6-7(14(18)19)3-4-8(9)12(16)17/h3-4,6,10H,1-2,5H2,(H,13,15)(H,16,17). The number of aromatic carboxylic acids is 1. The molecule has 1 unspecified atom stereocenters. The van der Waals surface area contributed by atoms with Crippen LogP contribution in [-0.2, 0) is 9.53 Å². The van der Waals surface area contributed by atoms with Crippen LogP contribution in [0.3, 0.4) is 0 Å². The molecule has 0 aromatic heterocycles. The number of nitro groups is 1. The van der Waals surface area contributed by atoms with Crippen molar-refractivity contribution < 1.29 is 24.4 Å². The van der Waals surface area contributed by atoms with Gasteiger partial charge in [0.1, 0.15) is 6.10 Å². The second kappa shape index (κ2) is 5.66. The number of rotatable bonds is 4. The molecule has 1 fully saturated rings. The van der Waals surface area contributed by atoms with E-state index in [0.29, 0.717) is 13.0 Å². The summed E-state index contributed by atoms with van der Waals surface area (Å²) in [6, 6.07) is 3.19. The summed E-state index contributed by atoms with van der Waals surface area (Å²) in [7, 11) is 0. The van der Waals surface area contributed by atoms with Crippen LogP contribution in [0.15, 0.2) is 18.2 Å². The maximum absolute atomic E-state index is 11.9. The minimum atomic E-state index is -1.28. The van der Waals surface area contributed by atoms with Crippen LogP contribution in [0.5, 0.6) is 0 Å². The number of anilines is 1. The lowest BCUT2D eigenvalue weighted by molar-refractivity contribution is -0.384. The molecule has 0 aliphatic carbocycles. The van der Waals surface area contributed by atoms with Gasteiger partial charge in [-0.3, -0.25) is 14.9 Å². The van der Waals surface area contributed by atoms with E-state index >= 15 is 0 Å². The normalized spacial score (nSPS) is 17.7. The van der Waals surface area contributed by atoms with Crippen LogP contribution in [0.25, 0.3) is 0 Å². The number of carbonyl (C=O) groups excluding carboxylic acids is 1. The molecular weight excluding hydrogens is 268 g/mol. The van der Waals surface area contributed by atoms with Gasteiger partial charge in [-0.25, -0.2) is 4.79 Å². The van der Waals surface area contributed by atoms with Crippen molar-refractivity contribution in [2.24, 2.45) is 0 Å². The van der Waals surface area contributed by atoms with Crippen LogP contribution in [-0.4, -0.2) is 34.6 Å². The Kier molecular flexibility index (Phi) is 3.94. The zero-order valence-corrected chi connectivity index (χ0v) is 10.4. The Balaban J connectivity index is 2.27. The fourth-order valence-electron chi connectivity index (χ4n) is 1.93. The van der Waals surface area contributed by atoms with Crippen LogP contribution in [0.1, 0.15) is 23.2 Å². The van der Waals surface area contributed by atoms with Gasteiger partial charge in [0.15, 0.2) is 0 Å². The highest BCUT2D eigenvalue weighted by Crippen LogP contribution is 2.24. The number of nitro benzene ring substituents is 1. The summed E-state index contributed by atoms with van der Waals surface area (Å²) in [5.74, 6) is -1.77. The van der Waals surface area contributed by atoms with Gasteiger partial charge in [0, 0.05) is 18.7 Å². The molecule has 1 aliphatic rings. The van der Waals surface area contributed by atoms with Gasteiger partial charge in [-0.2, -0.15) is 0 Å². The van der Waals surface area contributed by atoms with E-state index in [9.17, 15) is 19.7 Å². The highest BCUT2D eigenvalue weighted by atomic mass is 16.6. The summed E-state index contributed by atoms with van der Waals surface area (Å²) < 4.78 is 5.17. The summed E-state index contributed by atoms with van der Waals surface area (Å²) >= 11 is 0. The first-order chi connectivity index (χ1) is 9.49. The van der Waals surface area contributed by atoms with E-state index in [-0.39, 0.29) is 16.9 Å². The SMILES string of the molecule is O=C(O)c1ccc([N+](=O)[O-])cc1NC(=O)C1CCCO1. The number of nitrogens with one attached hydrogen (secondary N) is 1. The molecule has 8 heteroatoms. The van der Waals surface area contributed by atoms with Crippen LogP contribution >= 0.6 is 0 Å². The first-order valence-corrected chi connectivity index (χ1v) is 5.93. The molecule has 1 aliphatic heterocycles. The Bertz CT molecular complexity index is 565. The van der Waals surface area contributed by atoms with Crippen molar-refractivity contribution in [1.29, 1.82) is 0 Å². The fraction of sp³-hybridized carbons (Fsp3) is 0.333. The molecule has 2 N–H and O–H groups in total. The summed E-state index contributed by atoms with van der Waals surface area (Å²) in [6.45, 7) is 0.471. The molecule has 0 radical (unpaired) electrons. The summed E-state index contributed by atoms with van der Waals surface area (Å²) in [5.41, 5.74) is -0.605. The largest absolute Gasteiger partial charge is 0.478 e. The van der Waals surface area contributed by atoms with Gasteiger partial charge in [0.25, 0.3) is 11.6 Å². The smallest absolute Gasteiger partial charge is 0.337 e. The van der Waals surface area contributed by atoms with Gasteiger partial charge in [-0.05, 0) is 18.9 Å². The van der Waals surface area contributed by atoms with Crippen molar-refractivity contribution >= 4 is 23.3 Å². The summed E-state index contributed by atoms with van der Waals surface area (Å²) in [5, 5.41) is 22.1. The van der Waals surface area contributed by atoms with Gasteiger partial charge < -0.3 is 15.2 Å². The van der Waals surface area contributed by atoms with Crippen LogP contribution in [0, 0.1) is 10.1 Å². The number of hydrogen-bond donors (Lipinski definition) is 2. The third-order valence-electron chi connectivity index (χ3n) is 2.92. The molecule has 1 amide bonds. The highest BCUT2D eigenvalue weighted by Gasteiger charge is 2.25. The van der Waals surface area contributed by atoms with E-state index in [2.05, 4.69) is 5.32 Å². The monoisotopic (exact) mass is 280 g/mol. The van der Waals surface area contributed by atoms with Crippen LogP contribution < -0.4 is 5.32 Å². The Morgan fingerprint density at radius 3 is 2.75 bits per heavy atom. The van der Waals surface area contributed by atoms with E-state index in [1.165, 1.54) is 0 Å². The number of benzene rings is 1. The number of carboxylic acid groups (broad SMARTS) is 1. The predicted molar refractivity (Wildman–Crippen MR) is 67.7 cm³/mol. The number of hydrogen-bond acceptors (Lipinski definition) is 5. The molecule has 8 nitrogen and oxygen atoms in total. The molecule has 1 heterocycles. The molecule has 1 atom stereocenters. The molecule has 1 aromatic carbocycles. The third-order valence-corrected chi connectivity index (χ3v) is 2.92. The highest BCUT2D eigenvalue weighted by molar-refractivity contribution is 6.02. The first kappa shape index (κ1) is 13.9. The van der Waals surface area contributed by atoms with Crippen molar-refractivity contribution in [2.75, 3.05) is 11.9 Å². The molecule has 0 bridgehead atoms. The van der Waals surface area contributed by atoms with Gasteiger partial charge in [-0.1, -0.05) is 0 Å². The molecule has 0 saturated carbocycles. The molecule has 2 rings (SSSR count). The van der Waals surface area contributed by atoms with Crippen LogP contribution in [0.2, 0.25) is 0 Å². The number of amides is 1. The Labute approximate surface area is 113 Å². The average Bonchev–Trinajstić information content (AvgIpc) is 2.92. The van der Waals surface area contributed by atoms with Crippen molar-refractivity contribution in [1.82, 2.24) is 0 Å². The van der Waals surface area contributed by atoms with Gasteiger partial charge in [-0.15, -0.1) is 0 Å². The fourth-order valence-corrected chi connectivity index (χ4v) is 1.93. The lowest BCUT2D eigenvalue weighted by Gasteiger charge is -2.12. The van der Waals surface area contributed by atoms with Gasteiger partial charge in [0.2, 0.25) is 0 Å². The van der Waals surface area contributed by atoms with E-state index in [1.807, 2.05) is 0 Å². The quantitative estimate of drug-likeness (QED) is 0.635. The molecule has 106 valence electrons. The minimum absolute atomic E-state index is 0.104. The van der Waals surface area contributed by atoms with Crippen molar-refractivity contribution in [3.05, 3.63) is 33.9 Å². The molecule has 1 saturated heterocycles.